The van der Waals surface area contributed by atoms with Gasteiger partial charge in [0.25, 0.3) is 0 Å². The molecule has 0 bridgehead atoms. The van der Waals surface area contributed by atoms with Crippen LogP contribution in [-0.4, -0.2) is 28.0 Å². The number of hydrogen-bond acceptors (Lipinski definition) is 6. The van der Waals surface area contributed by atoms with Crippen LogP contribution in [-0.2, 0) is 0 Å². The van der Waals surface area contributed by atoms with E-state index in [9.17, 15) is 0 Å². The normalized spacial score (nSPS) is 11.2. The lowest BCUT2D eigenvalue weighted by molar-refractivity contribution is 1.01. The Bertz CT molecular complexity index is 2710. The lowest BCUT2D eigenvalue weighted by atomic mass is 10.0. The lowest BCUT2D eigenvalue weighted by Gasteiger charge is -2.34. The number of benzene rings is 8. The second-order valence-electron chi connectivity index (χ2n) is 15.2. The molecule has 0 atom stereocenters. The summed E-state index contributed by atoms with van der Waals surface area (Å²) in [6.45, 7) is 0. The van der Waals surface area contributed by atoms with Crippen molar-refractivity contribution in [2.45, 2.75) is 0 Å². The van der Waals surface area contributed by atoms with E-state index in [-0.39, 0.29) is 0 Å². The average Bonchev–Trinajstić information content (AvgIpc) is 3.37. The van der Waals surface area contributed by atoms with Gasteiger partial charge in [-0.3, -0.25) is 0 Å². The van der Waals surface area contributed by atoms with Crippen LogP contribution in [0, 0.1) is 0 Å². The van der Waals surface area contributed by atoms with Crippen LogP contribution in [0.15, 0.2) is 255 Å². The van der Waals surface area contributed by atoms with Gasteiger partial charge in [-0.1, -0.05) is 170 Å². The Balaban J connectivity index is 1.00. The van der Waals surface area contributed by atoms with Crippen molar-refractivity contribution < 1.29 is 0 Å². The number of anilines is 6. The number of hydrogen-bond donors (Lipinski definition) is 0. The summed E-state index contributed by atoms with van der Waals surface area (Å²) < 4.78 is 0. The first-order chi connectivity index (χ1) is 31.3. The summed E-state index contributed by atoms with van der Waals surface area (Å²) in [5.74, 6) is 1.01. The Kier molecular flexibility index (Phi) is 11.0. The molecule has 0 aliphatic heterocycles. The molecular weight excluding hydrogens is 785 g/mol. The molecule has 0 aliphatic carbocycles. The minimum atomic E-state index is -2.79. The molecule has 0 radical (unpaired) electrons. The van der Waals surface area contributed by atoms with Crippen molar-refractivity contribution in [2.75, 3.05) is 9.80 Å². The van der Waals surface area contributed by atoms with Gasteiger partial charge in [-0.05, 0) is 104 Å². The van der Waals surface area contributed by atoms with Gasteiger partial charge in [0.15, 0.2) is 8.07 Å². The highest BCUT2D eigenvalue weighted by atomic mass is 28.3. The molecule has 6 nitrogen and oxygen atoms in total. The highest BCUT2D eigenvalue weighted by Gasteiger charge is 2.41. The fourth-order valence-electron chi connectivity index (χ4n) is 8.54. The van der Waals surface area contributed by atoms with E-state index in [1.54, 1.807) is 36.9 Å². The van der Waals surface area contributed by atoms with Gasteiger partial charge >= 0.3 is 0 Å². The van der Waals surface area contributed by atoms with Gasteiger partial charge in [-0.25, -0.2) is 24.8 Å². The van der Waals surface area contributed by atoms with E-state index in [0.29, 0.717) is 11.9 Å². The summed E-state index contributed by atoms with van der Waals surface area (Å²) >= 11 is 0. The van der Waals surface area contributed by atoms with Gasteiger partial charge < -0.3 is 4.90 Å². The molecule has 7 heteroatoms. The Hall–Kier alpha value is -8.26. The topological polar surface area (TPSA) is 58.0 Å². The fraction of sp³-hybridized carbons (Fsp3) is 0. The smallest absolute Gasteiger partial charge is 0.236 e. The predicted molar refractivity (Wildman–Crippen MR) is 261 cm³/mol. The highest BCUT2D eigenvalue weighted by molar-refractivity contribution is 7.19. The number of para-hydroxylation sites is 2. The molecule has 2 aromatic heterocycles. The third-order valence-electron chi connectivity index (χ3n) is 11.5. The number of nitrogens with zero attached hydrogens (tertiary/aromatic N) is 6. The molecule has 63 heavy (non-hydrogen) atoms. The Morgan fingerprint density at radius 2 is 0.508 bits per heavy atom. The molecule has 10 rings (SSSR count). The largest absolute Gasteiger partial charge is 0.311 e. The third kappa shape index (κ3) is 7.81. The van der Waals surface area contributed by atoms with Crippen LogP contribution in [0.3, 0.4) is 0 Å². The van der Waals surface area contributed by atoms with E-state index in [0.717, 1.165) is 33.9 Å². The summed E-state index contributed by atoms with van der Waals surface area (Å²) in [6, 6.07) is 82.6. The molecule has 0 unspecified atom stereocenters. The SMILES string of the molecule is c1ccc(N(c2ccccc2)c2ccc(-c3ccc([Si](c4ccccc4)(c4ccccc4)c4ccc(-c5ccc(N(c6ncccn6)c6ncccn6)cc5)cc4)cc3)cc2)cc1. The first kappa shape index (κ1) is 38.9. The van der Waals surface area contributed by atoms with Crippen LogP contribution in [0.25, 0.3) is 22.3 Å². The number of aromatic nitrogens is 4. The van der Waals surface area contributed by atoms with E-state index in [2.05, 4.69) is 243 Å². The molecule has 8 aromatic carbocycles. The van der Waals surface area contributed by atoms with Crippen molar-refractivity contribution in [3.63, 3.8) is 0 Å². The molecular formula is C56H42N6Si. The summed E-state index contributed by atoms with van der Waals surface area (Å²) in [5.41, 5.74) is 8.80. The highest BCUT2D eigenvalue weighted by Crippen LogP contribution is 2.36. The Morgan fingerprint density at radius 3 is 0.857 bits per heavy atom. The predicted octanol–water partition coefficient (Wildman–Crippen LogP) is 10.9. The van der Waals surface area contributed by atoms with Crippen molar-refractivity contribution in [1.29, 1.82) is 0 Å². The average molecular weight is 827 g/mol. The minimum absolute atomic E-state index is 0.504. The van der Waals surface area contributed by atoms with E-state index in [1.165, 1.54) is 31.9 Å². The second-order valence-corrected chi connectivity index (χ2v) is 19.0. The van der Waals surface area contributed by atoms with Crippen LogP contribution in [0.2, 0.25) is 0 Å². The van der Waals surface area contributed by atoms with Gasteiger partial charge in [-0.15, -0.1) is 0 Å². The van der Waals surface area contributed by atoms with Crippen molar-refractivity contribution >= 4 is 63.5 Å². The van der Waals surface area contributed by atoms with Gasteiger partial charge in [0.1, 0.15) is 0 Å². The van der Waals surface area contributed by atoms with Crippen LogP contribution >= 0.6 is 0 Å². The maximum Gasteiger partial charge on any atom is 0.236 e. The molecule has 0 spiro atoms. The van der Waals surface area contributed by atoms with Crippen LogP contribution in [0.5, 0.6) is 0 Å². The van der Waals surface area contributed by atoms with Crippen LogP contribution in [0.4, 0.5) is 34.6 Å². The quantitative estimate of drug-likeness (QED) is 0.0903. The molecule has 10 aromatic rings. The molecule has 0 N–H and O–H groups in total. The maximum atomic E-state index is 4.51. The standard InChI is InChI=1S/C56H42N6Si/c1-5-15-47(16-6-1)61(48-17-7-2-8-18-48)49-31-23-43(24-32-49)45-27-35-53(36-28-45)63(51-19-9-3-10-20-51,52-21-11-4-12-22-52)54-37-29-46(30-38-54)44-25-33-50(34-26-44)62(55-57-39-13-40-58-55)56-59-41-14-42-60-56/h1-42H. The van der Waals surface area contributed by atoms with Crippen LogP contribution in [0.1, 0.15) is 0 Å². The molecule has 0 saturated heterocycles. The minimum Gasteiger partial charge on any atom is -0.311 e. The molecule has 0 amide bonds. The van der Waals surface area contributed by atoms with Crippen molar-refractivity contribution in [3.8, 4) is 22.3 Å². The zero-order valence-corrected chi connectivity index (χ0v) is 35.4. The van der Waals surface area contributed by atoms with E-state index >= 15 is 0 Å². The molecule has 0 fully saturated rings. The van der Waals surface area contributed by atoms with Gasteiger partial charge in [0.05, 0.1) is 5.69 Å². The second kappa shape index (κ2) is 17.8. The van der Waals surface area contributed by atoms with Crippen molar-refractivity contribution in [3.05, 3.63) is 255 Å². The van der Waals surface area contributed by atoms with Gasteiger partial charge in [-0.2, -0.15) is 0 Å². The van der Waals surface area contributed by atoms with Crippen molar-refractivity contribution in [1.82, 2.24) is 19.9 Å². The summed E-state index contributed by atoms with van der Waals surface area (Å²) in [4.78, 5) is 22.2. The van der Waals surface area contributed by atoms with Crippen LogP contribution < -0.4 is 30.5 Å². The summed E-state index contributed by atoms with van der Waals surface area (Å²) in [7, 11) is -2.79. The Morgan fingerprint density at radius 1 is 0.238 bits per heavy atom. The molecule has 300 valence electrons. The molecule has 0 aliphatic rings. The zero-order valence-electron chi connectivity index (χ0n) is 34.4. The molecule has 2 heterocycles. The monoisotopic (exact) mass is 826 g/mol. The Labute approximate surface area is 369 Å². The first-order valence-electron chi connectivity index (χ1n) is 21.0. The zero-order chi connectivity index (χ0) is 42.3. The maximum absolute atomic E-state index is 4.51. The number of rotatable bonds is 12. The third-order valence-corrected chi connectivity index (χ3v) is 16.3. The van der Waals surface area contributed by atoms with Gasteiger partial charge in [0, 0.05) is 41.8 Å². The molecule has 0 saturated carbocycles. The van der Waals surface area contributed by atoms with E-state index < -0.39 is 8.07 Å². The van der Waals surface area contributed by atoms with E-state index in [4.69, 9.17) is 0 Å². The summed E-state index contributed by atoms with van der Waals surface area (Å²) in [5, 5.41) is 5.30. The van der Waals surface area contributed by atoms with Gasteiger partial charge in [0.2, 0.25) is 11.9 Å². The van der Waals surface area contributed by atoms with Crippen molar-refractivity contribution in [2.24, 2.45) is 0 Å². The lowest BCUT2D eigenvalue weighted by Crippen LogP contribution is -2.74. The summed E-state index contributed by atoms with van der Waals surface area (Å²) in [6.07, 6.45) is 6.90. The first-order valence-corrected chi connectivity index (χ1v) is 23.0. The van der Waals surface area contributed by atoms with E-state index in [1.807, 2.05) is 4.90 Å². The fourth-order valence-corrected chi connectivity index (χ4v) is 13.3.